The van der Waals surface area contributed by atoms with Crippen LogP contribution in [0.15, 0.2) is 97.1 Å². The van der Waals surface area contributed by atoms with Crippen molar-refractivity contribution < 1.29 is 28.6 Å². The van der Waals surface area contributed by atoms with E-state index >= 15 is 0 Å². The molecular weight excluding hydrogens is 564 g/mol. The van der Waals surface area contributed by atoms with Crippen molar-refractivity contribution in [3.63, 3.8) is 0 Å². The van der Waals surface area contributed by atoms with E-state index in [-0.39, 0.29) is 17.9 Å². The van der Waals surface area contributed by atoms with Crippen LogP contribution in [0.25, 0.3) is 21.5 Å². The summed E-state index contributed by atoms with van der Waals surface area (Å²) in [6, 6.07) is 31.8. The van der Waals surface area contributed by atoms with Crippen LogP contribution < -0.4 is 0 Å². The molecule has 0 amide bonds. The minimum Gasteiger partial charge on any atom is -0.469 e. The Morgan fingerprint density at radius 2 is 1.20 bits per heavy atom. The second kappa shape index (κ2) is 17.4. The molecule has 6 nitrogen and oxygen atoms in total. The largest absolute Gasteiger partial charge is 0.469 e. The fourth-order valence-corrected chi connectivity index (χ4v) is 4.98. The first-order valence-corrected chi connectivity index (χ1v) is 15.1. The maximum atomic E-state index is 11.6. The number of methoxy groups -OCH3 is 3. The number of carbonyl (C=O) groups is 3. The van der Waals surface area contributed by atoms with Gasteiger partial charge in [0.05, 0.1) is 32.5 Å². The van der Waals surface area contributed by atoms with Crippen LogP contribution in [0.5, 0.6) is 0 Å². The van der Waals surface area contributed by atoms with E-state index in [0.717, 1.165) is 35.4 Å². The predicted octanol–water partition coefficient (Wildman–Crippen LogP) is 8.48. The highest BCUT2D eigenvalue weighted by Gasteiger charge is 2.11. The van der Waals surface area contributed by atoms with Gasteiger partial charge in [-0.3, -0.25) is 4.79 Å². The van der Waals surface area contributed by atoms with E-state index in [4.69, 9.17) is 9.47 Å². The monoisotopic (exact) mass is 606 g/mol. The summed E-state index contributed by atoms with van der Waals surface area (Å²) in [5.41, 5.74) is 6.10. The molecule has 0 fully saturated rings. The number of hydrogen-bond acceptors (Lipinski definition) is 6. The number of hydrogen-bond donors (Lipinski definition) is 0. The van der Waals surface area contributed by atoms with E-state index in [1.54, 1.807) is 0 Å². The molecule has 0 unspecified atom stereocenters. The Bertz CT molecular complexity index is 1740. The van der Waals surface area contributed by atoms with E-state index in [1.807, 2.05) is 97.9 Å². The van der Waals surface area contributed by atoms with Crippen molar-refractivity contribution in [1.29, 1.82) is 0 Å². The van der Waals surface area contributed by atoms with Crippen molar-refractivity contribution in [1.82, 2.24) is 0 Å². The number of esters is 3. The minimum absolute atomic E-state index is 0.152. The first kappa shape index (κ1) is 34.5. The lowest BCUT2D eigenvalue weighted by Gasteiger charge is -2.08. The summed E-state index contributed by atoms with van der Waals surface area (Å²) < 4.78 is 14.1. The van der Waals surface area contributed by atoms with Crippen LogP contribution in [0.4, 0.5) is 0 Å². The quantitative estimate of drug-likeness (QED) is 0.137. The average molecular weight is 607 g/mol. The summed E-state index contributed by atoms with van der Waals surface area (Å²) in [6.45, 7) is 6.24. The zero-order chi connectivity index (χ0) is 32.8. The molecule has 0 spiro atoms. The molecule has 234 valence electrons. The molecule has 5 aromatic carbocycles. The van der Waals surface area contributed by atoms with E-state index < -0.39 is 0 Å². The fourth-order valence-electron chi connectivity index (χ4n) is 4.98. The topological polar surface area (TPSA) is 78.9 Å². The zero-order valence-electron chi connectivity index (χ0n) is 27.0. The van der Waals surface area contributed by atoms with Gasteiger partial charge in [-0.15, -0.1) is 0 Å². The third-order valence-electron chi connectivity index (χ3n) is 7.52. The Labute approximate surface area is 265 Å². The highest BCUT2D eigenvalue weighted by molar-refractivity contribution is 6.05. The van der Waals surface area contributed by atoms with Crippen LogP contribution in [-0.4, -0.2) is 39.2 Å². The minimum atomic E-state index is -0.279. The first-order chi connectivity index (χ1) is 21.8. The highest BCUT2D eigenvalue weighted by Crippen LogP contribution is 2.24. The van der Waals surface area contributed by atoms with Crippen molar-refractivity contribution >= 4 is 39.5 Å². The van der Waals surface area contributed by atoms with Gasteiger partial charge in [-0.2, -0.15) is 0 Å². The van der Waals surface area contributed by atoms with E-state index in [0.29, 0.717) is 17.5 Å². The lowest BCUT2D eigenvalue weighted by atomic mass is 9.98. The van der Waals surface area contributed by atoms with Crippen LogP contribution in [0.3, 0.4) is 0 Å². The molecule has 6 heteroatoms. The van der Waals surface area contributed by atoms with Crippen LogP contribution in [0.2, 0.25) is 0 Å². The normalized spacial score (nSPS) is 10.2. The van der Waals surface area contributed by atoms with Gasteiger partial charge in [-0.1, -0.05) is 98.3 Å². The molecule has 0 bridgehead atoms. The number of benzene rings is 5. The van der Waals surface area contributed by atoms with Gasteiger partial charge in [0.2, 0.25) is 0 Å². The molecular formula is C39H42O6. The van der Waals surface area contributed by atoms with E-state index in [9.17, 15) is 14.4 Å². The molecule has 0 aliphatic carbocycles. The molecule has 0 atom stereocenters. The summed E-state index contributed by atoms with van der Waals surface area (Å²) in [4.78, 5) is 33.9. The molecule has 0 aliphatic rings. The number of aryl methyl sites for hydroxylation is 4. The molecule has 0 heterocycles. The number of fused-ring (bicyclic) bond motifs is 2. The third kappa shape index (κ3) is 9.51. The fraction of sp³-hybridized carbons (Fsp3) is 0.256. The molecule has 0 N–H and O–H groups in total. The summed E-state index contributed by atoms with van der Waals surface area (Å²) in [6.07, 6.45) is 3.08. The first-order valence-electron chi connectivity index (χ1n) is 15.1. The Kier molecular flexibility index (Phi) is 13.3. The van der Waals surface area contributed by atoms with Crippen molar-refractivity contribution in [2.24, 2.45) is 0 Å². The van der Waals surface area contributed by atoms with Crippen LogP contribution in [0, 0.1) is 6.92 Å². The average Bonchev–Trinajstić information content (AvgIpc) is 3.10. The molecule has 0 saturated carbocycles. The number of ether oxygens (including phenoxy) is 3. The second-order valence-corrected chi connectivity index (χ2v) is 10.4. The van der Waals surface area contributed by atoms with Gasteiger partial charge >= 0.3 is 17.9 Å². The Morgan fingerprint density at radius 1 is 0.600 bits per heavy atom. The van der Waals surface area contributed by atoms with Gasteiger partial charge < -0.3 is 14.2 Å². The number of carbonyl (C=O) groups excluding carboxylic acids is 3. The van der Waals surface area contributed by atoms with Crippen LogP contribution in [-0.2, 0) is 38.3 Å². The van der Waals surface area contributed by atoms with Gasteiger partial charge in [-0.05, 0) is 82.6 Å². The summed E-state index contributed by atoms with van der Waals surface area (Å²) >= 11 is 0. The molecule has 45 heavy (non-hydrogen) atoms. The number of rotatable bonds is 7. The zero-order valence-corrected chi connectivity index (χ0v) is 27.0. The van der Waals surface area contributed by atoms with Gasteiger partial charge in [0.25, 0.3) is 0 Å². The molecule has 0 aliphatic heterocycles. The van der Waals surface area contributed by atoms with Crippen molar-refractivity contribution in [3.05, 3.63) is 130 Å². The summed E-state index contributed by atoms with van der Waals surface area (Å²) in [7, 11) is 4.23. The van der Waals surface area contributed by atoms with Gasteiger partial charge in [-0.25, -0.2) is 9.59 Å². The third-order valence-corrected chi connectivity index (χ3v) is 7.52. The van der Waals surface area contributed by atoms with Gasteiger partial charge in [0.15, 0.2) is 0 Å². The SMILES string of the molecule is CCc1cc(C(=O)OC)cc2ccccc12.CCc1ccc(C(=O)OC)c2ccccc12.COC(=O)CCc1ccc(C)cc1. The smallest absolute Gasteiger partial charge is 0.338 e. The van der Waals surface area contributed by atoms with Crippen LogP contribution >= 0.6 is 0 Å². The Hall–Kier alpha value is -4.97. The maximum absolute atomic E-state index is 11.6. The molecule has 5 rings (SSSR count). The van der Waals surface area contributed by atoms with Crippen molar-refractivity contribution in [3.8, 4) is 0 Å². The Balaban J connectivity index is 0.000000185. The highest BCUT2D eigenvalue weighted by atomic mass is 16.5. The molecule has 5 aromatic rings. The lowest BCUT2D eigenvalue weighted by Crippen LogP contribution is -2.02. The standard InChI is InChI=1S/2C14H14O2.C11H14O2/c1-3-10-8-12(14(15)16-2)9-11-6-4-5-7-13(10)11;1-3-10-8-9-13(14(15)16-2)12-7-5-4-6-11(10)12;1-9-3-5-10(6-4-9)7-8-11(12)13-2/h2*4-9H,3H2,1-2H3;3-6H,7-8H2,1-2H3. The lowest BCUT2D eigenvalue weighted by molar-refractivity contribution is -0.140. The van der Waals surface area contributed by atoms with E-state index in [2.05, 4.69) is 24.7 Å². The van der Waals surface area contributed by atoms with Crippen molar-refractivity contribution in [2.45, 2.75) is 46.5 Å². The second-order valence-electron chi connectivity index (χ2n) is 10.4. The van der Waals surface area contributed by atoms with Gasteiger partial charge in [0, 0.05) is 6.42 Å². The van der Waals surface area contributed by atoms with E-state index in [1.165, 1.54) is 49.0 Å². The molecule has 0 aromatic heterocycles. The molecule has 0 radical (unpaired) electrons. The van der Waals surface area contributed by atoms with Crippen molar-refractivity contribution in [2.75, 3.05) is 21.3 Å². The van der Waals surface area contributed by atoms with Crippen LogP contribution in [0.1, 0.15) is 63.2 Å². The maximum Gasteiger partial charge on any atom is 0.338 e. The van der Waals surface area contributed by atoms with Gasteiger partial charge in [0.1, 0.15) is 0 Å². The predicted molar refractivity (Wildman–Crippen MR) is 181 cm³/mol. The Morgan fingerprint density at radius 3 is 1.80 bits per heavy atom. The summed E-state index contributed by atoms with van der Waals surface area (Å²) in [5.74, 6) is -0.708. The molecule has 0 saturated heterocycles. The summed E-state index contributed by atoms with van der Waals surface area (Å²) in [5, 5.41) is 4.39.